The molecule has 2 N–H and O–H groups in total. The quantitative estimate of drug-likeness (QED) is 0.616. The number of aromatic nitrogens is 2. The van der Waals surface area contributed by atoms with Crippen molar-refractivity contribution in [1.29, 1.82) is 0 Å². The van der Waals surface area contributed by atoms with E-state index in [1.807, 2.05) is 24.3 Å². The van der Waals surface area contributed by atoms with Crippen LogP contribution in [0.15, 0.2) is 66.9 Å². The van der Waals surface area contributed by atoms with E-state index in [9.17, 15) is 18.0 Å². The highest BCUT2D eigenvalue weighted by molar-refractivity contribution is 5.99. The maximum absolute atomic E-state index is 13.9. The number of halogens is 3. The molecule has 6 nitrogen and oxygen atoms in total. The Bertz CT molecular complexity index is 1120. The van der Waals surface area contributed by atoms with Crippen LogP contribution in [0.3, 0.4) is 0 Å². The third-order valence-corrected chi connectivity index (χ3v) is 6.73. The lowest BCUT2D eigenvalue weighted by Crippen LogP contribution is -3.13. The van der Waals surface area contributed by atoms with Gasteiger partial charge in [-0.1, -0.05) is 60.7 Å². The summed E-state index contributed by atoms with van der Waals surface area (Å²) in [5, 5.41) is 7.17. The molecule has 0 unspecified atom stereocenters. The Morgan fingerprint density at radius 1 is 1.03 bits per heavy atom. The number of quaternary nitrogens is 1. The summed E-state index contributed by atoms with van der Waals surface area (Å²) >= 11 is 0. The van der Waals surface area contributed by atoms with Crippen molar-refractivity contribution in [1.82, 2.24) is 14.7 Å². The standard InChI is InChI=1S/C25H26F3N5O/c26-25(27,28)22-15-21(19-9-5-2-6-10-19)30-23-20(16-29-33(22)23)24(34)32-13-11-31(12-14-32)17-18-7-3-1-4-8-18/h1-10,16,21-22,30H,11-15,17H2/p+1/t21-,22-/m0/s1. The molecule has 1 fully saturated rings. The van der Waals surface area contributed by atoms with E-state index in [-0.39, 0.29) is 23.7 Å². The molecule has 9 heteroatoms. The SMILES string of the molecule is O=C(c1cnn2c1N[C@H](c1ccccc1)C[C@H]2C(F)(F)F)N1CC[NH+](Cc2ccccc2)CC1. The number of hydrogen-bond donors (Lipinski definition) is 2. The first-order valence-corrected chi connectivity index (χ1v) is 11.5. The number of amides is 1. The minimum atomic E-state index is -4.47. The Balaban J connectivity index is 1.33. The molecule has 1 amide bonds. The van der Waals surface area contributed by atoms with Crippen LogP contribution in [0.4, 0.5) is 19.0 Å². The second kappa shape index (κ2) is 9.13. The minimum Gasteiger partial charge on any atom is -0.363 e. The molecule has 2 aliphatic rings. The molecule has 0 aliphatic carbocycles. The van der Waals surface area contributed by atoms with E-state index in [2.05, 4.69) is 22.5 Å². The lowest BCUT2D eigenvalue weighted by Gasteiger charge is -2.35. The van der Waals surface area contributed by atoms with Gasteiger partial charge < -0.3 is 15.1 Å². The Kier molecular flexibility index (Phi) is 6.03. The van der Waals surface area contributed by atoms with Gasteiger partial charge in [0.1, 0.15) is 17.9 Å². The molecule has 34 heavy (non-hydrogen) atoms. The number of benzene rings is 2. The predicted octanol–water partition coefficient (Wildman–Crippen LogP) is 3.08. The largest absolute Gasteiger partial charge is 0.410 e. The molecule has 0 bridgehead atoms. The molecule has 2 aliphatic heterocycles. The third-order valence-electron chi connectivity index (χ3n) is 6.73. The van der Waals surface area contributed by atoms with Crippen LogP contribution in [-0.2, 0) is 6.54 Å². The van der Waals surface area contributed by atoms with Crippen LogP contribution in [0.5, 0.6) is 0 Å². The van der Waals surface area contributed by atoms with Crippen LogP contribution in [0.1, 0.15) is 40.0 Å². The van der Waals surface area contributed by atoms with Gasteiger partial charge in [0.15, 0.2) is 6.04 Å². The summed E-state index contributed by atoms with van der Waals surface area (Å²) in [6.45, 7) is 3.57. The van der Waals surface area contributed by atoms with Crippen molar-refractivity contribution in [2.24, 2.45) is 0 Å². The second-order valence-corrected chi connectivity index (χ2v) is 8.96. The van der Waals surface area contributed by atoms with Crippen molar-refractivity contribution in [3.63, 3.8) is 0 Å². The number of carbonyl (C=O) groups excluding carboxylic acids is 1. The first kappa shape index (κ1) is 22.5. The third kappa shape index (κ3) is 4.52. The number of alkyl halides is 3. The van der Waals surface area contributed by atoms with E-state index in [0.29, 0.717) is 13.1 Å². The van der Waals surface area contributed by atoms with E-state index >= 15 is 0 Å². The number of carbonyl (C=O) groups is 1. The highest BCUT2D eigenvalue weighted by Gasteiger charge is 2.47. The highest BCUT2D eigenvalue weighted by atomic mass is 19.4. The van der Waals surface area contributed by atoms with Gasteiger partial charge in [-0.15, -0.1) is 0 Å². The molecule has 2 aromatic carbocycles. The molecule has 2 atom stereocenters. The first-order valence-electron chi connectivity index (χ1n) is 11.5. The molecule has 3 heterocycles. The van der Waals surface area contributed by atoms with Crippen molar-refractivity contribution in [2.45, 2.75) is 31.2 Å². The van der Waals surface area contributed by atoms with Gasteiger partial charge in [0, 0.05) is 12.0 Å². The fraction of sp³-hybridized carbons (Fsp3) is 0.360. The van der Waals surface area contributed by atoms with Gasteiger partial charge in [-0.3, -0.25) is 4.79 Å². The number of rotatable bonds is 4. The van der Waals surface area contributed by atoms with Crippen LogP contribution in [-0.4, -0.2) is 52.9 Å². The second-order valence-electron chi connectivity index (χ2n) is 8.96. The normalized spacial score (nSPS) is 21.1. The smallest absolute Gasteiger partial charge is 0.363 e. The summed E-state index contributed by atoms with van der Waals surface area (Å²) < 4.78 is 42.7. The molecule has 3 aromatic rings. The number of hydrogen-bond acceptors (Lipinski definition) is 3. The van der Waals surface area contributed by atoms with Crippen LogP contribution < -0.4 is 10.2 Å². The number of nitrogens with one attached hydrogen (secondary N) is 2. The van der Waals surface area contributed by atoms with Crippen molar-refractivity contribution >= 4 is 11.7 Å². The van der Waals surface area contributed by atoms with E-state index in [0.717, 1.165) is 29.9 Å². The fourth-order valence-corrected chi connectivity index (χ4v) is 4.88. The van der Waals surface area contributed by atoms with Crippen LogP contribution >= 0.6 is 0 Å². The van der Waals surface area contributed by atoms with Gasteiger partial charge in [-0.05, 0) is 5.56 Å². The van der Waals surface area contributed by atoms with Crippen molar-refractivity contribution in [3.05, 3.63) is 83.6 Å². The number of fused-ring (bicyclic) bond motifs is 1. The molecule has 1 saturated heterocycles. The minimum absolute atomic E-state index is 0.145. The monoisotopic (exact) mass is 470 g/mol. The average molecular weight is 471 g/mol. The molecular weight excluding hydrogens is 443 g/mol. The van der Waals surface area contributed by atoms with Gasteiger partial charge in [0.25, 0.3) is 5.91 Å². The van der Waals surface area contributed by atoms with Crippen LogP contribution in [0.2, 0.25) is 0 Å². The Labute approximate surface area is 196 Å². The zero-order chi connectivity index (χ0) is 23.7. The van der Waals surface area contributed by atoms with E-state index in [4.69, 9.17) is 0 Å². The number of anilines is 1. The fourth-order valence-electron chi connectivity index (χ4n) is 4.88. The lowest BCUT2D eigenvalue weighted by atomic mass is 9.96. The van der Waals surface area contributed by atoms with Crippen LogP contribution in [0.25, 0.3) is 0 Å². The van der Waals surface area contributed by atoms with Crippen molar-refractivity contribution in [2.75, 3.05) is 31.5 Å². The van der Waals surface area contributed by atoms with E-state index < -0.39 is 18.3 Å². The van der Waals surface area contributed by atoms with Gasteiger partial charge >= 0.3 is 6.18 Å². The first-order chi connectivity index (χ1) is 16.4. The molecular formula is C25H27F3N5O+. The Hall–Kier alpha value is -3.33. The van der Waals surface area contributed by atoms with Crippen molar-refractivity contribution in [3.8, 4) is 0 Å². The number of piperazine rings is 1. The molecule has 0 saturated carbocycles. The van der Waals surface area contributed by atoms with Gasteiger partial charge in [-0.25, -0.2) is 4.68 Å². The summed E-state index contributed by atoms with van der Waals surface area (Å²) in [7, 11) is 0. The summed E-state index contributed by atoms with van der Waals surface area (Å²) in [6, 6.07) is 16.9. The zero-order valence-corrected chi connectivity index (χ0v) is 18.6. The maximum atomic E-state index is 13.9. The summed E-state index contributed by atoms with van der Waals surface area (Å²) in [5.74, 6) is -0.131. The van der Waals surface area contributed by atoms with E-state index in [1.54, 1.807) is 29.2 Å². The van der Waals surface area contributed by atoms with Gasteiger partial charge in [0.05, 0.1) is 38.4 Å². The van der Waals surface area contributed by atoms with Crippen LogP contribution in [0, 0.1) is 0 Å². The Morgan fingerprint density at radius 3 is 2.32 bits per heavy atom. The Morgan fingerprint density at radius 2 is 1.68 bits per heavy atom. The average Bonchev–Trinajstić information content (AvgIpc) is 3.28. The highest BCUT2D eigenvalue weighted by Crippen LogP contribution is 2.44. The molecule has 5 rings (SSSR count). The molecule has 0 spiro atoms. The molecule has 0 radical (unpaired) electrons. The van der Waals surface area contributed by atoms with Gasteiger partial charge in [-0.2, -0.15) is 18.3 Å². The van der Waals surface area contributed by atoms with E-state index in [1.165, 1.54) is 16.7 Å². The number of nitrogens with zero attached hydrogens (tertiary/aromatic N) is 3. The zero-order valence-electron chi connectivity index (χ0n) is 18.6. The topological polar surface area (TPSA) is 54.6 Å². The van der Waals surface area contributed by atoms with Crippen molar-refractivity contribution < 1.29 is 22.9 Å². The molecule has 178 valence electrons. The summed E-state index contributed by atoms with van der Waals surface area (Å²) in [5.41, 5.74) is 2.19. The lowest BCUT2D eigenvalue weighted by molar-refractivity contribution is -0.917. The summed E-state index contributed by atoms with van der Waals surface area (Å²) in [4.78, 5) is 16.4. The van der Waals surface area contributed by atoms with Gasteiger partial charge in [0.2, 0.25) is 0 Å². The predicted molar refractivity (Wildman–Crippen MR) is 121 cm³/mol. The summed E-state index contributed by atoms with van der Waals surface area (Å²) in [6.07, 6.45) is -3.38. The molecule has 1 aromatic heterocycles. The maximum Gasteiger partial charge on any atom is 0.410 e.